The number of nitrogens with one attached hydrogen (secondary N) is 2. The van der Waals surface area contributed by atoms with Crippen LogP contribution in [0.4, 0.5) is 5.69 Å². The fraction of sp³-hybridized carbons (Fsp3) is 0.458. The second-order valence-electron chi connectivity index (χ2n) is 7.90. The maximum absolute atomic E-state index is 12.9. The SMILES string of the molecule is CCC(=O)CCCCCC(NC(=O)CN(C)C)C(=O)Nc1ccc2ccccc2c1. The molecule has 0 aromatic heterocycles. The fourth-order valence-corrected chi connectivity index (χ4v) is 3.32. The van der Waals surface area contributed by atoms with Crippen molar-refractivity contribution in [1.29, 1.82) is 0 Å². The summed E-state index contributed by atoms with van der Waals surface area (Å²) >= 11 is 0. The van der Waals surface area contributed by atoms with Crippen molar-refractivity contribution in [1.82, 2.24) is 10.2 Å². The zero-order valence-corrected chi connectivity index (χ0v) is 18.2. The van der Waals surface area contributed by atoms with Gasteiger partial charge in [0.2, 0.25) is 11.8 Å². The smallest absolute Gasteiger partial charge is 0.246 e. The zero-order valence-electron chi connectivity index (χ0n) is 18.2. The van der Waals surface area contributed by atoms with E-state index in [0.717, 1.165) is 30.0 Å². The Kier molecular flexibility index (Phi) is 9.48. The Labute approximate surface area is 179 Å². The van der Waals surface area contributed by atoms with Gasteiger partial charge in [-0.25, -0.2) is 0 Å². The second-order valence-corrected chi connectivity index (χ2v) is 7.90. The van der Waals surface area contributed by atoms with E-state index in [-0.39, 0.29) is 24.1 Å². The van der Waals surface area contributed by atoms with Gasteiger partial charge in [0.25, 0.3) is 0 Å². The third-order valence-corrected chi connectivity index (χ3v) is 4.97. The van der Waals surface area contributed by atoms with Crippen LogP contribution in [0.2, 0.25) is 0 Å². The van der Waals surface area contributed by atoms with Crippen LogP contribution >= 0.6 is 0 Å². The lowest BCUT2D eigenvalue weighted by Crippen LogP contribution is -2.46. The second kappa shape index (κ2) is 12.1. The minimum Gasteiger partial charge on any atom is -0.343 e. The number of carbonyl (C=O) groups excluding carboxylic acids is 3. The number of nitrogens with zero attached hydrogens (tertiary/aromatic N) is 1. The molecule has 2 N–H and O–H groups in total. The maximum Gasteiger partial charge on any atom is 0.246 e. The Bertz CT molecular complexity index is 864. The number of likely N-dealkylation sites (N-methyl/N-ethyl adjacent to an activating group) is 1. The van der Waals surface area contributed by atoms with E-state index in [2.05, 4.69) is 10.6 Å². The molecule has 2 aromatic carbocycles. The van der Waals surface area contributed by atoms with E-state index in [9.17, 15) is 14.4 Å². The van der Waals surface area contributed by atoms with E-state index < -0.39 is 6.04 Å². The molecular weight excluding hydrogens is 378 g/mol. The lowest BCUT2D eigenvalue weighted by molar-refractivity contribution is -0.127. The normalized spacial score (nSPS) is 12.0. The number of hydrogen-bond acceptors (Lipinski definition) is 4. The van der Waals surface area contributed by atoms with E-state index in [1.54, 1.807) is 4.90 Å². The number of benzene rings is 2. The van der Waals surface area contributed by atoms with Crippen LogP contribution in [0.1, 0.15) is 45.4 Å². The minimum absolute atomic E-state index is 0.181. The molecule has 0 saturated heterocycles. The van der Waals surface area contributed by atoms with Crippen molar-refractivity contribution in [3.8, 4) is 0 Å². The lowest BCUT2D eigenvalue weighted by atomic mass is 10.0. The molecule has 2 rings (SSSR count). The van der Waals surface area contributed by atoms with Crippen LogP contribution in [0.5, 0.6) is 0 Å². The standard InChI is InChI=1S/C24H33N3O3/c1-4-21(28)12-6-5-7-13-22(26-23(29)17-27(2)3)24(30)25-20-15-14-18-10-8-9-11-19(18)16-20/h8-11,14-16,22H,4-7,12-13,17H2,1-3H3,(H,25,30)(H,26,29). The van der Waals surface area contributed by atoms with Crippen LogP contribution in [0.3, 0.4) is 0 Å². The Balaban J connectivity index is 1.98. The average molecular weight is 412 g/mol. The number of amides is 2. The first-order valence-electron chi connectivity index (χ1n) is 10.6. The molecule has 0 radical (unpaired) electrons. The predicted molar refractivity (Wildman–Crippen MR) is 121 cm³/mol. The molecule has 30 heavy (non-hydrogen) atoms. The molecule has 6 heteroatoms. The lowest BCUT2D eigenvalue weighted by Gasteiger charge is -2.20. The van der Waals surface area contributed by atoms with Gasteiger partial charge in [0.15, 0.2) is 0 Å². The van der Waals surface area contributed by atoms with Gasteiger partial charge in [-0.1, -0.05) is 50.1 Å². The number of hydrogen-bond donors (Lipinski definition) is 2. The quantitative estimate of drug-likeness (QED) is 0.522. The van der Waals surface area contributed by atoms with Crippen molar-refractivity contribution in [2.75, 3.05) is 26.0 Å². The molecule has 0 aliphatic rings. The minimum atomic E-state index is -0.606. The number of anilines is 1. The van der Waals surface area contributed by atoms with Crippen molar-refractivity contribution in [3.63, 3.8) is 0 Å². The van der Waals surface area contributed by atoms with Crippen LogP contribution in [-0.2, 0) is 14.4 Å². The number of rotatable bonds is 12. The summed E-state index contributed by atoms with van der Waals surface area (Å²) in [4.78, 5) is 38.3. The molecule has 6 nitrogen and oxygen atoms in total. The largest absolute Gasteiger partial charge is 0.343 e. The first-order valence-corrected chi connectivity index (χ1v) is 10.6. The highest BCUT2D eigenvalue weighted by atomic mass is 16.2. The van der Waals surface area contributed by atoms with Crippen molar-refractivity contribution >= 4 is 34.1 Å². The number of ketones is 1. The summed E-state index contributed by atoms with van der Waals surface area (Å²) in [6, 6.07) is 13.1. The van der Waals surface area contributed by atoms with E-state index in [4.69, 9.17) is 0 Å². The number of unbranched alkanes of at least 4 members (excludes halogenated alkanes) is 2. The molecule has 1 unspecified atom stereocenters. The summed E-state index contributed by atoms with van der Waals surface area (Å²) in [7, 11) is 3.63. The van der Waals surface area contributed by atoms with Gasteiger partial charge >= 0.3 is 0 Å². The number of carbonyl (C=O) groups is 3. The summed E-state index contributed by atoms with van der Waals surface area (Å²) in [6.07, 6.45) is 4.13. The third-order valence-electron chi connectivity index (χ3n) is 4.97. The number of fused-ring (bicyclic) bond motifs is 1. The van der Waals surface area contributed by atoms with Gasteiger partial charge in [0, 0.05) is 18.5 Å². The van der Waals surface area contributed by atoms with Crippen LogP contribution in [0.25, 0.3) is 10.8 Å². The molecule has 0 fully saturated rings. The van der Waals surface area contributed by atoms with E-state index in [0.29, 0.717) is 24.9 Å². The first kappa shape index (κ1) is 23.5. The highest BCUT2D eigenvalue weighted by Gasteiger charge is 2.21. The summed E-state index contributed by atoms with van der Waals surface area (Å²) in [5.74, 6) is -0.137. The highest BCUT2D eigenvalue weighted by molar-refractivity contribution is 5.99. The summed E-state index contributed by atoms with van der Waals surface area (Å²) < 4.78 is 0. The predicted octanol–water partition coefficient (Wildman–Crippen LogP) is 3.75. The molecule has 162 valence electrons. The average Bonchev–Trinajstić information content (AvgIpc) is 2.71. The van der Waals surface area contributed by atoms with Gasteiger partial charge < -0.3 is 15.5 Å². The van der Waals surface area contributed by atoms with Crippen molar-refractivity contribution in [2.45, 2.75) is 51.5 Å². The Morgan fingerprint density at radius 3 is 2.40 bits per heavy atom. The van der Waals surface area contributed by atoms with Gasteiger partial charge in [0.05, 0.1) is 6.54 Å². The van der Waals surface area contributed by atoms with Crippen molar-refractivity contribution in [3.05, 3.63) is 42.5 Å². The van der Waals surface area contributed by atoms with Crippen LogP contribution in [0.15, 0.2) is 42.5 Å². The Hall–Kier alpha value is -2.73. The molecule has 1 atom stereocenters. The van der Waals surface area contributed by atoms with Gasteiger partial charge in [-0.3, -0.25) is 14.4 Å². The van der Waals surface area contributed by atoms with E-state index in [1.807, 2.05) is 63.5 Å². The maximum atomic E-state index is 12.9. The van der Waals surface area contributed by atoms with Gasteiger partial charge in [-0.05, 0) is 49.8 Å². The first-order chi connectivity index (χ1) is 14.4. The van der Waals surface area contributed by atoms with Gasteiger partial charge in [0.1, 0.15) is 11.8 Å². The van der Waals surface area contributed by atoms with Crippen molar-refractivity contribution in [2.24, 2.45) is 0 Å². The summed E-state index contributed by atoms with van der Waals surface area (Å²) in [6.45, 7) is 2.10. The molecule has 0 aliphatic carbocycles. The van der Waals surface area contributed by atoms with Crippen LogP contribution in [-0.4, -0.2) is 49.2 Å². The van der Waals surface area contributed by atoms with Gasteiger partial charge in [-0.15, -0.1) is 0 Å². The molecular formula is C24H33N3O3. The Morgan fingerprint density at radius 1 is 0.967 bits per heavy atom. The molecule has 2 aromatic rings. The summed E-state index contributed by atoms with van der Waals surface area (Å²) in [5, 5.41) is 7.95. The zero-order chi connectivity index (χ0) is 21.9. The fourth-order valence-electron chi connectivity index (χ4n) is 3.32. The van der Waals surface area contributed by atoms with E-state index >= 15 is 0 Å². The number of Topliss-reactive ketones (excluding diaryl/α,β-unsaturated/α-hetero) is 1. The third kappa shape index (κ3) is 7.95. The highest BCUT2D eigenvalue weighted by Crippen LogP contribution is 2.19. The Morgan fingerprint density at radius 2 is 1.70 bits per heavy atom. The van der Waals surface area contributed by atoms with E-state index in [1.165, 1.54) is 0 Å². The molecule has 0 saturated carbocycles. The van der Waals surface area contributed by atoms with Gasteiger partial charge in [-0.2, -0.15) is 0 Å². The molecule has 0 heterocycles. The molecule has 0 bridgehead atoms. The van der Waals surface area contributed by atoms with Crippen LogP contribution in [0, 0.1) is 0 Å². The van der Waals surface area contributed by atoms with Crippen molar-refractivity contribution < 1.29 is 14.4 Å². The summed E-state index contributed by atoms with van der Waals surface area (Å²) in [5.41, 5.74) is 0.708. The molecule has 0 aliphatic heterocycles. The topological polar surface area (TPSA) is 78.5 Å². The van der Waals surface area contributed by atoms with Crippen LogP contribution < -0.4 is 10.6 Å². The molecule has 2 amide bonds. The molecule has 0 spiro atoms. The monoisotopic (exact) mass is 411 g/mol.